The topological polar surface area (TPSA) is 53.4 Å². The molecule has 2 saturated heterocycles. The number of hydrogen-bond acceptors (Lipinski definition) is 3. The largest absolute Gasteiger partial charge is 0.323 e. The summed E-state index contributed by atoms with van der Waals surface area (Å²) in [6.45, 7) is 5.10. The average Bonchev–Trinajstić information content (AvgIpc) is 3.04. The van der Waals surface area contributed by atoms with Crippen LogP contribution in [0.4, 0.5) is 10.6 Å². The Bertz CT molecular complexity index is 722. The van der Waals surface area contributed by atoms with Crippen LogP contribution < -0.4 is 5.32 Å². The van der Waals surface area contributed by atoms with Crippen LogP contribution in [0.15, 0.2) is 42.6 Å². The molecule has 2 fully saturated rings. The highest BCUT2D eigenvalue weighted by molar-refractivity contribution is 5.89. The fourth-order valence-corrected chi connectivity index (χ4v) is 3.86. The zero-order valence-electron chi connectivity index (χ0n) is 14.6. The van der Waals surface area contributed by atoms with Crippen LogP contribution in [0.5, 0.6) is 0 Å². The maximum atomic E-state index is 12.5. The van der Waals surface area contributed by atoms with Gasteiger partial charge in [0.2, 0.25) is 0 Å². The smallest absolute Gasteiger partial charge is 0.321 e. The van der Waals surface area contributed by atoms with Crippen molar-refractivity contribution < 1.29 is 4.79 Å². The van der Waals surface area contributed by atoms with Gasteiger partial charge in [-0.2, -0.15) is 5.10 Å². The van der Waals surface area contributed by atoms with Gasteiger partial charge < -0.3 is 4.90 Å². The Kier molecular flexibility index (Phi) is 4.44. The van der Waals surface area contributed by atoms with Gasteiger partial charge in [0.25, 0.3) is 0 Å². The van der Waals surface area contributed by atoms with E-state index in [1.54, 1.807) is 10.9 Å². The molecule has 4 rings (SSSR count). The van der Waals surface area contributed by atoms with Crippen LogP contribution in [0.25, 0.3) is 5.69 Å². The van der Waals surface area contributed by atoms with Crippen LogP contribution in [-0.4, -0.2) is 57.3 Å². The van der Waals surface area contributed by atoms with Crippen LogP contribution >= 0.6 is 0 Å². The molecule has 1 atom stereocenters. The highest BCUT2D eigenvalue weighted by Crippen LogP contribution is 2.25. The van der Waals surface area contributed by atoms with E-state index in [0.717, 1.165) is 18.8 Å². The molecule has 0 aliphatic carbocycles. The summed E-state index contributed by atoms with van der Waals surface area (Å²) >= 11 is 0. The molecule has 0 bridgehead atoms. The van der Waals surface area contributed by atoms with E-state index in [9.17, 15) is 4.79 Å². The summed E-state index contributed by atoms with van der Waals surface area (Å²) in [5, 5.41) is 7.31. The first-order valence-corrected chi connectivity index (χ1v) is 9.13. The van der Waals surface area contributed by atoms with Gasteiger partial charge >= 0.3 is 6.03 Å². The second-order valence-electron chi connectivity index (χ2n) is 7.04. The zero-order valence-corrected chi connectivity index (χ0v) is 14.6. The summed E-state index contributed by atoms with van der Waals surface area (Å²) in [6, 6.07) is 12.8. The molecule has 2 aromatic rings. The molecule has 2 amide bonds. The molecule has 1 aromatic carbocycles. The van der Waals surface area contributed by atoms with Crippen molar-refractivity contribution in [3.05, 3.63) is 42.6 Å². The average molecular weight is 339 g/mol. The number of likely N-dealkylation sites (tertiary alicyclic amines) is 2. The van der Waals surface area contributed by atoms with Gasteiger partial charge in [-0.25, -0.2) is 9.48 Å². The second-order valence-corrected chi connectivity index (χ2v) is 7.04. The number of para-hydroxylation sites is 1. The maximum Gasteiger partial charge on any atom is 0.323 e. The zero-order chi connectivity index (χ0) is 17.2. The lowest BCUT2D eigenvalue weighted by Gasteiger charge is -2.49. The molecule has 3 heterocycles. The predicted octanol–water partition coefficient (Wildman–Crippen LogP) is 2.96. The van der Waals surface area contributed by atoms with Gasteiger partial charge in [-0.3, -0.25) is 10.2 Å². The van der Waals surface area contributed by atoms with Gasteiger partial charge in [0.1, 0.15) is 5.82 Å². The Hall–Kier alpha value is -2.34. The summed E-state index contributed by atoms with van der Waals surface area (Å²) in [6.07, 6.45) is 5.59. The minimum absolute atomic E-state index is 0.0430. The number of carbonyl (C=O) groups excluding carboxylic acids is 1. The number of urea groups is 1. The fourth-order valence-electron chi connectivity index (χ4n) is 3.86. The summed E-state index contributed by atoms with van der Waals surface area (Å²) in [5.74, 6) is 0.700. The minimum Gasteiger partial charge on any atom is -0.321 e. The molecule has 25 heavy (non-hydrogen) atoms. The molecule has 2 aliphatic heterocycles. The normalized spacial score (nSPS) is 21.8. The summed E-state index contributed by atoms with van der Waals surface area (Å²) in [7, 11) is 0. The standard InChI is InChI=1S/C19H25N5O/c1-15-7-5-6-12-23(15)17-13-22(14-17)19(25)21-18-10-11-20-24(18)16-8-3-2-4-9-16/h2-4,8-11,15,17H,5-7,12-14H2,1H3,(H,21,25)/t15-/m0/s1. The van der Waals surface area contributed by atoms with Gasteiger partial charge in [-0.15, -0.1) is 0 Å². The number of hydrogen-bond donors (Lipinski definition) is 1. The Labute approximate surface area is 148 Å². The number of carbonyl (C=O) groups is 1. The summed E-state index contributed by atoms with van der Waals surface area (Å²) in [4.78, 5) is 17.0. The van der Waals surface area contributed by atoms with Crippen molar-refractivity contribution in [3.63, 3.8) is 0 Å². The van der Waals surface area contributed by atoms with E-state index < -0.39 is 0 Å². The second kappa shape index (κ2) is 6.88. The summed E-state index contributed by atoms with van der Waals surface area (Å²) < 4.78 is 1.75. The monoisotopic (exact) mass is 339 g/mol. The van der Waals surface area contributed by atoms with Crippen LogP contribution in [-0.2, 0) is 0 Å². The molecule has 6 nitrogen and oxygen atoms in total. The number of rotatable bonds is 3. The van der Waals surface area contributed by atoms with Crippen LogP contribution in [0.1, 0.15) is 26.2 Å². The third-order valence-corrected chi connectivity index (χ3v) is 5.35. The van der Waals surface area contributed by atoms with Crippen molar-refractivity contribution in [3.8, 4) is 5.69 Å². The number of piperidine rings is 1. The lowest BCUT2D eigenvalue weighted by molar-refractivity contribution is 0.0199. The van der Waals surface area contributed by atoms with E-state index in [-0.39, 0.29) is 6.03 Å². The Morgan fingerprint density at radius 1 is 1.16 bits per heavy atom. The van der Waals surface area contributed by atoms with Crippen molar-refractivity contribution in [1.29, 1.82) is 0 Å². The third kappa shape index (κ3) is 3.26. The molecule has 0 radical (unpaired) electrons. The van der Waals surface area contributed by atoms with Gasteiger partial charge in [-0.05, 0) is 38.4 Å². The van der Waals surface area contributed by atoms with Gasteiger partial charge in [-0.1, -0.05) is 24.6 Å². The Morgan fingerprint density at radius 3 is 2.72 bits per heavy atom. The van der Waals surface area contributed by atoms with Crippen molar-refractivity contribution in [2.24, 2.45) is 0 Å². The molecule has 132 valence electrons. The third-order valence-electron chi connectivity index (χ3n) is 5.35. The van der Waals surface area contributed by atoms with Crippen molar-refractivity contribution >= 4 is 11.8 Å². The molecule has 1 N–H and O–H groups in total. The first-order chi connectivity index (χ1) is 12.2. The van der Waals surface area contributed by atoms with E-state index in [0.29, 0.717) is 17.9 Å². The van der Waals surface area contributed by atoms with Crippen molar-refractivity contribution in [1.82, 2.24) is 19.6 Å². The summed E-state index contributed by atoms with van der Waals surface area (Å²) in [5.41, 5.74) is 0.937. The molecule has 2 aliphatic rings. The molecule has 0 saturated carbocycles. The first-order valence-electron chi connectivity index (χ1n) is 9.13. The predicted molar refractivity (Wildman–Crippen MR) is 98.0 cm³/mol. The highest BCUT2D eigenvalue weighted by Gasteiger charge is 2.37. The van der Waals surface area contributed by atoms with Crippen LogP contribution in [0, 0.1) is 0 Å². The van der Waals surface area contributed by atoms with E-state index in [1.807, 2.05) is 41.3 Å². The maximum absolute atomic E-state index is 12.5. The molecule has 0 spiro atoms. The molecule has 1 aromatic heterocycles. The molecular formula is C19H25N5O. The molecule has 6 heteroatoms. The lowest BCUT2D eigenvalue weighted by Crippen LogP contribution is -2.64. The Balaban J connectivity index is 1.36. The number of anilines is 1. The van der Waals surface area contributed by atoms with E-state index >= 15 is 0 Å². The van der Waals surface area contributed by atoms with Crippen LogP contribution in [0.2, 0.25) is 0 Å². The van der Waals surface area contributed by atoms with Crippen molar-refractivity contribution in [2.75, 3.05) is 25.0 Å². The minimum atomic E-state index is -0.0430. The van der Waals surface area contributed by atoms with Crippen LogP contribution in [0.3, 0.4) is 0 Å². The van der Waals surface area contributed by atoms with Gasteiger partial charge in [0.15, 0.2) is 0 Å². The first kappa shape index (κ1) is 16.1. The highest BCUT2D eigenvalue weighted by atomic mass is 16.2. The van der Waals surface area contributed by atoms with E-state index in [4.69, 9.17) is 0 Å². The number of nitrogens with one attached hydrogen (secondary N) is 1. The van der Waals surface area contributed by atoms with Crippen molar-refractivity contribution in [2.45, 2.75) is 38.3 Å². The SMILES string of the molecule is C[C@H]1CCCCN1C1CN(C(=O)Nc2ccnn2-c2ccccc2)C1. The number of aromatic nitrogens is 2. The van der Waals surface area contributed by atoms with Gasteiger partial charge in [0.05, 0.1) is 11.9 Å². The number of amides is 2. The number of benzene rings is 1. The number of nitrogens with zero attached hydrogens (tertiary/aromatic N) is 4. The molecule has 0 unspecified atom stereocenters. The quantitative estimate of drug-likeness (QED) is 0.935. The fraction of sp³-hybridized carbons (Fsp3) is 0.474. The Morgan fingerprint density at radius 2 is 1.96 bits per heavy atom. The van der Waals surface area contributed by atoms with Gasteiger partial charge in [0, 0.05) is 31.2 Å². The van der Waals surface area contributed by atoms with E-state index in [1.165, 1.54) is 25.8 Å². The lowest BCUT2D eigenvalue weighted by atomic mass is 9.98. The molecular weight excluding hydrogens is 314 g/mol. The van der Waals surface area contributed by atoms with E-state index in [2.05, 4.69) is 22.2 Å².